The molecular weight excluding hydrogens is 356 g/mol. The lowest BCUT2D eigenvalue weighted by molar-refractivity contribution is -0.141. The van der Waals surface area contributed by atoms with Crippen LogP contribution in [0.4, 0.5) is 8.78 Å². The Balaban J connectivity index is 1.64. The predicted octanol–water partition coefficient (Wildman–Crippen LogP) is 3.01. The van der Waals surface area contributed by atoms with Crippen LogP contribution in [0.2, 0.25) is 0 Å². The number of aliphatic carboxylic acids is 1. The van der Waals surface area contributed by atoms with Gasteiger partial charge in [-0.3, -0.25) is 4.79 Å². The summed E-state index contributed by atoms with van der Waals surface area (Å²) in [6.45, 7) is 0. The number of benzene rings is 1. The molecule has 0 radical (unpaired) electrons. The highest BCUT2D eigenvalue weighted by Crippen LogP contribution is 2.40. The third-order valence-corrected chi connectivity index (χ3v) is 5.57. The topological polar surface area (TPSA) is 75.4 Å². The van der Waals surface area contributed by atoms with E-state index in [9.17, 15) is 23.5 Å². The number of halogens is 2. The minimum Gasteiger partial charge on any atom is -0.480 e. The number of hydrogen-bond donors (Lipinski definition) is 1. The van der Waals surface area contributed by atoms with Crippen molar-refractivity contribution in [3.63, 3.8) is 0 Å². The van der Waals surface area contributed by atoms with Gasteiger partial charge in [0.15, 0.2) is 11.5 Å². The van der Waals surface area contributed by atoms with E-state index in [1.807, 2.05) is 0 Å². The molecule has 1 aromatic heterocycles. The summed E-state index contributed by atoms with van der Waals surface area (Å²) in [6.07, 6.45) is 5.59. The Hall–Kier alpha value is -2.77. The van der Waals surface area contributed by atoms with Gasteiger partial charge in [-0.1, -0.05) is 12.8 Å². The van der Waals surface area contributed by atoms with E-state index >= 15 is 0 Å². The number of carboxylic acid groups (broad SMARTS) is 1. The number of fused-ring (bicyclic) bond motifs is 1. The molecule has 1 saturated carbocycles. The van der Waals surface area contributed by atoms with Crippen LogP contribution in [-0.2, 0) is 4.79 Å². The fourth-order valence-electron chi connectivity index (χ4n) is 4.34. The highest BCUT2D eigenvalue weighted by Gasteiger charge is 2.48. The van der Waals surface area contributed by atoms with Gasteiger partial charge in [0.25, 0.3) is 5.91 Å². The van der Waals surface area contributed by atoms with Crippen molar-refractivity contribution in [2.45, 2.75) is 44.2 Å². The van der Waals surface area contributed by atoms with Gasteiger partial charge in [-0.05, 0) is 43.4 Å². The van der Waals surface area contributed by atoms with Crippen molar-refractivity contribution in [2.24, 2.45) is 5.92 Å². The van der Waals surface area contributed by atoms with Gasteiger partial charge >= 0.3 is 5.97 Å². The van der Waals surface area contributed by atoms with Crippen LogP contribution in [0.15, 0.2) is 30.5 Å². The zero-order valence-corrected chi connectivity index (χ0v) is 14.5. The number of carboxylic acids is 1. The minimum absolute atomic E-state index is 0.0159. The van der Waals surface area contributed by atoms with E-state index in [0.717, 1.165) is 42.5 Å². The molecule has 6 nitrogen and oxygen atoms in total. The Bertz CT molecular complexity index is 898. The highest BCUT2D eigenvalue weighted by atomic mass is 19.1. The SMILES string of the molecule is O=C(O)C1CC2CCCCC2N1C(=O)c1ccn(-c2ccc(F)cc2F)n1. The first kappa shape index (κ1) is 17.6. The largest absolute Gasteiger partial charge is 0.480 e. The smallest absolute Gasteiger partial charge is 0.326 e. The molecule has 1 amide bonds. The number of rotatable bonds is 3. The molecular formula is C19H19F2N3O3. The molecule has 0 bridgehead atoms. The van der Waals surface area contributed by atoms with Crippen LogP contribution in [0.25, 0.3) is 5.69 Å². The van der Waals surface area contributed by atoms with Crippen LogP contribution in [0.5, 0.6) is 0 Å². The summed E-state index contributed by atoms with van der Waals surface area (Å²) < 4.78 is 28.2. The number of likely N-dealkylation sites (tertiary alicyclic amines) is 1. The van der Waals surface area contributed by atoms with Crippen molar-refractivity contribution in [3.05, 3.63) is 47.8 Å². The van der Waals surface area contributed by atoms with Gasteiger partial charge < -0.3 is 10.0 Å². The van der Waals surface area contributed by atoms with Crippen LogP contribution in [-0.4, -0.2) is 43.7 Å². The van der Waals surface area contributed by atoms with E-state index in [4.69, 9.17) is 0 Å². The lowest BCUT2D eigenvalue weighted by Crippen LogP contribution is -2.46. The molecule has 1 aromatic carbocycles. The molecule has 1 aliphatic carbocycles. The summed E-state index contributed by atoms with van der Waals surface area (Å²) in [5.41, 5.74) is 0.0680. The predicted molar refractivity (Wildman–Crippen MR) is 91.4 cm³/mol. The summed E-state index contributed by atoms with van der Waals surface area (Å²) in [5.74, 6) is -2.78. The zero-order chi connectivity index (χ0) is 19.1. The van der Waals surface area contributed by atoms with Crippen LogP contribution < -0.4 is 0 Å². The number of nitrogens with zero attached hydrogens (tertiary/aromatic N) is 3. The highest BCUT2D eigenvalue weighted by molar-refractivity contribution is 5.95. The Morgan fingerprint density at radius 2 is 1.93 bits per heavy atom. The van der Waals surface area contributed by atoms with Gasteiger partial charge in [0.05, 0.1) is 0 Å². The van der Waals surface area contributed by atoms with E-state index in [0.29, 0.717) is 6.42 Å². The van der Waals surface area contributed by atoms with Crippen LogP contribution in [0.3, 0.4) is 0 Å². The summed E-state index contributed by atoms with van der Waals surface area (Å²) in [5, 5.41) is 13.7. The van der Waals surface area contributed by atoms with E-state index in [1.165, 1.54) is 23.2 Å². The number of carbonyl (C=O) groups excluding carboxylic acids is 1. The van der Waals surface area contributed by atoms with Crippen molar-refractivity contribution in [1.29, 1.82) is 0 Å². The monoisotopic (exact) mass is 375 g/mol. The Kier molecular flexibility index (Phi) is 4.41. The zero-order valence-electron chi connectivity index (χ0n) is 14.5. The summed E-state index contributed by atoms with van der Waals surface area (Å²) >= 11 is 0. The Labute approximate surface area is 154 Å². The molecule has 4 rings (SSSR count). The van der Waals surface area contributed by atoms with Crippen molar-refractivity contribution >= 4 is 11.9 Å². The molecule has 0 spiro atoms. The third kappa shape index (κ3) is 3.09. The van der Waals surface area contributed by atoms with Crippen LogP contribution in [0.1, 0.15) is 42.6 Å². The molecule has 2 fully saturated rings. The van der Waals surface area contributed by atoms with Gasteiger partial charge in [0.2, 0.25) is 0 Å². The summed E-state index contributed by atoms with van der Waals surface area (Å²) in [7, 11) is 0. The molecule has 3 atom stereocenters. The maximum absolute atomic E-state index is 14.0. The van der Waals surface area contributed by atoms with Gasteiger partial charge in [0.1, 0.15) is 17.5 Å². The van der Waals surface area contributed by atoms with Crippen molar-refractivity contribution in [1.82, 2.24) is 14.7 Å². The number of carbonyl (C=O) groups is 2. The first-order valence-electron chi connectivity index (χ1n) is 9.02. The van der Waals surface area contributed by atoms with E-state index in [1.54, 1.807) is 0 Å². The number of hydrogen-bond acceptors (Lipinski definition) is 3. The van der Waals surface area contributed by atoms with Crippen molar-refractivity contribution in [2.75, 3.05) is 0 Å². The van der Waals surface area contributed by atoms with E-state index in [2.05, 4.69) is 5.10 Å². The van der Waals surface area contributed by atoms with Crippen LogP contribution >= 0.6 is 0 Å². The first-order valence-corrected chi connectivity index (χ1v) is 9.02. The molecule has 142 valence electrons. The lowest BCUT2D eigenvalue weighted by atomic mass is 9.84. The van der Waals surface area contributed by atoms with Crippen molar-refractivity contribution < 1.29 is 23.5 Å². The van der Waals surface area contributed by atoms with Gasteiger partial charge in [-0.2, -0.15) is 5.10 Å². The molecule has 27 heavy (non-hydrogen) atoms. The lowest BCUT2D eigenvalue weighted by Gasteiger charge is -2.32. The normalized spacial score (nSPS) is 24.7. The molecule has 2 aromatic rings. The van der Waals surface area contributed by atoms with Gasteiger partial charge in [0, 0.05) is 18.3 Å². The van der Waals surface area contributed by atoms with E-state index in [-0.39, 0.29) is 23.3 Å². The second-order valence-electron chi connectivity index (χ2n) is 7.16. The maximum Gasteiger partial charge on any atom is 0.326 e. The average Bonchev–Trinajstić information content (AvgIpc) is 3.26. The first-order chi connectivity index (χ1) is 13.0. The Morgan fingerprint density at radius 3 is 2.67 bits per heavy atom. The molecule has 2 aliphatic rings. The fourth-order valence-corrected chi connectivity index (χ4v) is 4.34. The fraction of sp³-hybridized carbons (Fsp3) is 0.421. The minimum atomic E-state index is -1.01. The molecule has 3 unspecified atom stereocenters. The summed E-state index contributed by atoms with van der Waals surface area (Å²) in [4.78, 5) is 26.2. The second kappa shape index (κ2) is 6.75. The summed E-state index contributed by atoms with van der Waals surface area (Å²) in [6, 6.07) is 3.55. The number of amides is 1. The average molecular weight is 375 g/mol. The van der Waals surface area contributed by atoms with Crippen LogP contribution in [0, 0.1) is 17.6 Å². The Morgan fingerprint density at radius 1 is 1.15 bits per heavy atom. The van der Waals surface area contributed by atoms with Crippen molar-refractivity contribution in [3.8, 4) is 5.69 Å². The third-order valence-electron chi connectivity index (χ3n) is 5.57. The second-order valence-corrected chi connectivity index (χ2v) is 7.16. The van der Waals surface area contributed by atoms with Gasteiger partial charge in [-0.15, -0.1) is 0 Å². The molecule has 1 saturated heterocycles. The maximum atomic E-state index is 14.0. The quantitative estimate of drug-likeness (QED) is 0.895. The standard InChI is InChI=1S/C19H19F2N3O3/c20-12-5-6-16(13(21)10-12)23-8-7-14(22-23)18(25)24-15-4-2-1-3-11(15)9-17(24)19(26)27/h5-8,10-11,15,17H,1-4,9H2,(H,26,27). The molecule has 1 aliphatic heterocycles. The molecule has 8 heteroatoms. The molecule has 1 N–H and O–H groups in total. The van der Waals surface area contributed by atoms with E-state index < -0.39 is 29.6 Å². The van der Waals surface area contributed by atoms with Gasteiger partial charge in [-0.25, -0.2) is 18.3 Å². The molecule has 2 heterocycles. The number of aromatic nitrogens is 2.